The maximum atomic E-state index is 10.9. The van der Waals surface area contributed by atoms with Gasteiger partial charge in [-0.25, -0.2) is 0 Å². The minimum atomic E-state index is -0.462. The Hall–Kier alpha value is -0.860. The van der Waals surface area contributed by atoms with Crippen LogP contribution >= 0.6 is 0 Å². The van der Waals surface area contributed by atoms with Crippen LogP contribution in [0.2, 0.25) is 0 Å². The molecule has 1 N–H and O–H groups in total. The van der Waals surface area contributed by atoms with Gasteiger partial charge in [0.2, 0.25) is 0 Å². The van der Waals surface area contributed by atoms with Crippen LogP contribution in [0.25, 0.3) is 0 Å². The van der Waals surface area contributed by atoms with Crippen molar-refractivity contribution in [3.63, 3.8) is 0 Å². The minimum Gasteiger partial charge on any atom is -0.386 e. The molecule has 0 aliphatic rings. The molecule has 2 nitrogen and oxygen atoms in total. The molecule has 0 amide bonds. The highest BCUT2D eigenvalue weighted by molar-refractivity contribution is 5.30. The predicted octanol–water partition coefficient (Wildman–Crippen LogP) is 4.53. The third-order valence-corrected chi connectivity index (χ3v) is 4.88. The first kappa shape index (κ1) is 18.2. The average molecular weight is 291 g/mol. The molecule has 0 spiro atoms. The molecular formula is C19H33NO. The van der Waals surface area contributed by atoms with Crippen molar-refractivity contribution >= 4 is 0 Å². The van der Waals surface area contributed by atoms with Crippen molar-refractivity contribution in [1.29, 1.82) is 0 Å². The summed E-state index contributed by atoms with van der Waals surface area (Å²) in [7, 11) is 0. The fraction of sp³-hybridized carbons (Fsp3) is 0.684. The molecule has 21 heavy (non-hydrogen) atoms. The van der Waals surface area contributed by atoms with Gasteiger partial charge in [-0.2, -0.15) is 0 Å². The number of nitrogens with zero attached hydrogens (tertiary/aromatic N) is 1. The van der Waals surface area contributed by atoms with Crippen LogP contribution in [-0.2, 0) is 5.41 Å². The van der Waals surface area contributed by atoms with E-state index in [9.17, 15) is 5.11 Å². The Morgan fingerprint density at radius 2 is 1.43 bits per heavy atom. The second-order valence-electron chi connectivity index (χ2n) is 7.16. The van der Waals surface area contributed by atoms with Crippen molar-refractivity contribution in [2.24, 2.45) is 0 Å². The lowest BCUT2D eigenvalue weighted by molar-refractivity contribution is -0.0213. The first-order chi connectivity index (χ1) is 9.70. The van der Waals surface area contributed by atoms with Gasteiger partial charge in [0.15, 0.2) is 0 Å². The summed E-state index contributed by atoms with van der Waals surface area (Å²) in [5, 5.41) is 10.9. The van der Waals surface area contributed by atoms with Crippen LogP contribution < -0.4 is 0 Å². The van der Waals surface area contributed by atoms with Gasteiger partial charge in [-0.3, -0.25) is 4.90 Å². The number of aliphatic hydroxyl groups is 1. The van der Waals surface area contributed by atoms with Gasteiger partial charge in [0.1, 0.15) is 0 Å². The largest absolute Gasteiger partial charge is 0.386 e. The molecule has 0 aliphatic heterocycles. The lowest BCUT2D eigenvalue weighted by Gasteiger charge is -2.43. The molecule has 0 bridgehead atoms. The molecule has 120 valence electrons. The van der Waals surface area contributed by atoms with Gasteiger partial charge < -0.3 is 5.11 Å². The SMILES string of the molecule is CCN(CC)C(C)(CC)C(O)c1ccc(C(C)(C)C)cc1. The Balaban J connectivity index is 3.08. The Bertz CT molecular complexity index is 428. The van der Waals surface area contributed by atoms with E-state index in [2.05, 4.69) is 77.6 Å². The summed E-state index contributed by atoms with van der Waals surface area (Å²) >= 11 is 0. The Labute approximate surface area is 131 Å². The van der Waals surface area contributed by atoms with Crippen LogP contribution in [0.5, 0.6) is 0 Å². The van der Waals surface area contributed by atoms with Crippen LogP contribution in [0, 0.1) is 0 Å². The molecule has 2 atom stereocenters. The molecule has 0 aliphatic carbocycles. The van der Waals surface area contributed by atoms with E-state index in [0.29, 0.717) is 0 Å². The first-order valence-electron chi connectivity index (χ1n) is 8.24. The summed E-state index contributed by atoms with van der Waals surface area (Å²) in [6.07, 6.45) is 0.466. The van der Waals surface area contributed by atoms with E-state index in [1.807, 2.05) is 0 Å². The van der Waals surface area contributed by atoms with Gasteiger partial charge in [0, 0.05) is 5.54 Å². The van der Waals surface area contributed by atoms with Gasteiger partial charge in [0.25, 0.3) is 0 Å². The maximum absolute atomic E-state index is 10.9. The van der Waals surface area contributed by atoms with Crippen molar-refractivity contribution in [3.05, 3.63) is 35.4 Å². The molecule has 0 saturated heterocycles. The van der Waals surface area contributed by atoms with Crippen LogP contribution in [0.3, 0.4) is 0 Å². The van der Waals surface area contributed by atoms with Crippen molar-refractivity contribution in [3.8, 4) is 0 Å². The number of rotatable bonds is 6. The predicted molar refractivity (Wildman–Crippen MR) is 91.7 cm³/mol. The zero-order chi connectivity index (χ0) is 16.3. The smallest absolute Gasteiger partial charge is 0.0970 e. The average Bonchev–Trinajstić information content (AvgIpc) is 2.46. The Morgan fingerprint density at radius 3 is 1.76 bits per heavy atom. The van der Waals surface area contributed by atoms with Crippen LogP contribution in [0.1, 0.15) is 72.1 Å². The highest BCUT2D eigenvalue weighted by Gasteiger charge is 2.36. The summed E-state index contributed by atoms with van der Waals surface area (Å²) in [5.74, 6) is 0. The molecule has 0 heterocycles. The van der Waals surface area contributed by atoms with Crippen LogP contribution in [0.15, 0.2) is 24.3 Å². The molecule has 0 saturated carbocycles. The van der Waals surface area contributed by atoms with Crippen LogP contribution in [0.4, 0.5) is 0 Å². The number of aliphatic hydroxyl groups excluding tert-OH is 1. The summed E-state index contributed by atoms with van der Waals surface area (Å²) in [6, 6.07) is 8.47. The molecule has 1 rings (SSSR count). The summed E-state index contributed by atoms with van der Waals surface area (Å²) in [5.41, 5.74) is 2.25. The van der Waals surface area contributed by atoms with E-state index in [4.69, 9.17) is 0 Å². The maximum Gasteiger partial charge on any atom is 0.0970 e. The van der Waals surface area contributed by atoms with E-state index >= 15 is 0 Å². The molecule has 0 aromatic heterocycles. The van der Waals surface area contributed by atoms with Gasteiger partial charge >= 0.3 is 0 Å². The number of hydrogen-bond acceptors (Lipinski definition) is 2. The minimum absolute atomic E-state index is 0.149. The number of likely N-dealkylation sites (N-methyl/N-ethyl adjacent to an activating group) is 1. The molecular weight excluding hydrogens is 258 g/mol. The first-order valence-corrected chi connectivity index (χ1v) is 8.24. The number of hydrogen-bond donors (Lipinski definition) is 1. The summed E-state index contributed by atoms with van der Waals surface area (Å²) < 4.78 is 0. The zero-order valence-electron chi connectivity index (χ0n) is 14.9. The lowest BCUT2D eigenvalue weighted by atomic mass is 9.82. The van der Waals surface area contributed by atoms with E-state index in [0.717, 1.165) is 25.1 Å². The second kappa shape index (κ2) is 6.93. The molecule has 2 heteroatoms. The van der Waals surface area contributed by atoms with Crippen molar-refractivity contribution in [2.45, 2.75) is 71.9 Å². The van der Waals surface area contributed by atoms with Gasteiger partial charge in [0.05, 0.1) is 6.10 Å². The summed E-state index contributed by atoms with van der Waals surface area (Å²) in [4.78, 5) is 2.36. The van der Waals surface area contributed by atoms with E-state index in [1.54, 1.807) is 0 Å². The van der Waals surface area contributed by atoms with Gasteiger partial charge in [-0.05, 0) is 43.0 Å². The van der Waals surface area contributed by atoms with E-state index in [1.165, 1.54) is 5.56 Å². The van der Waals surface area contributed by atoms with Gasteiger partial charge in [-0.15, -0.1) is 0 Å². The van der Waals surface area contributed by atoms with Crippen molar-refractivity contribution < 1.29 is 5.11 Å². The highest BCUT2D eigenvalue weighted by atomic mass is 16.3. The van der Waals surface area contributed by atoms with Crippen LogP contribution in [-0.4, -0.2) is 28.6 Å². The fourth-order valence-electron chi connectivity index (χ4n) is 3.06. The topological polar surface area (TPSA) is 23.5 Å². The van der Waals surface area contributed by atoms with E-state index < -0.39 is 6.10 Å². The van der Waals surface area contributed by atoms with Gasteiger partial charge in [-0.1, -0.05) is 65.8 Å². The van der Waals surface area contributed by atoms with Crippen molar-refractivity contribution in [2.75, 3.05) is 13.1 Å². The lowest BCUT2D eigenvalue weighted by Crippen LogP contribution is -2.50. The third-order valence-electron chi connectivity index (χ3n) is 4.88. The van der Waals surface area contributed by atoms with Crippen molar-refractivity contribution in [1.82, 2.24) is 4.90 Å². The fourth-order valence-corrected chi connectivity index (χ4v) is 3.06. The normalized spacial score (nSPS) is 16.8. The zero-order valence-corrected chi connectivity index (χ0v) is 14.9. The monoisotopic (exact) mass is 291 g/mol. The highest BCUT2D eigenvalue weighted by Crippen LogP contribution is 2.35. The Morgan fingerprint density at radius 1 is 0.952 bits per heavy atom. The molecule has 0 radical (unpaired) electrons. The third kappa shape index (κ3) is 3.87. The second-order valence-corrected chi connectivity index (χ2v) is 7.16. The molecule has 1 aromatic rings. The van der Waals surface area contributed by atoms with E-state index in [-0.39, 0.29) is 11.0 Å². The summed E-state index contributed by atoms with van der Waals surface area (Å²) in [6.45, 7) is 17.2. The Kier molecular flexibility index (Phi) is 6.01. The molecule has 1 aromatic carbocycles. The standard InChI is InChI=1S/C19H33NO/c1-8-19(7,20(9-2)10-3)17(21)15-11-13-16(14-12-15)18(4,5)6/h11-14,17,21H,8-10H2,1-7H3. The molecule has 2 unspecified atom stereocenters. The quantitative estimate of drug-likeness (QED) is 0.832. The number of benzene rings is 1. The molecule has 0 fully saturated rings.